The largest absolute Gasteiger partial charge is 0.335 e. The molecule has 114 valence electrons. The molecule has 0 N–H and O–H groups in total. The van der Waals surface area contributed by atoms with Crippen LogP contribution in [0.4, 0.5) is 0 Å². The molecular weight excluding hydrogens is 244 g/mol. The maximum atomic E-state index is 3.91. The summed E-state index contributed by atoms with van der Waals surface area (Å²) in [5.41, 5.74) is 0. The first kappa shape index (κ1) is 20.7. The van der Waals surface area contributed by atoms with Crippen LogP contribution in [0.1, 0.15) is 54.5 Å². The van der Waals surface area contributed by atoms with Crippen LogP contribution in [0.15, 0.2) is 55.1 Å². The maximum absolute atomic E-state index is 3.91. The Morgan fingerprint density at radius 2 is 1.10 bits per heavy atom. The summed E-state index contributed by atoms with van der Waals surface area (Å²) in [5, 5.41) is 0. The van der Waals surface area contributed by atoms with Crippen LogP contribution in [0, 0.1) is 5.92 Å². The Hall–Kier alpha value is -1.57. The maximum Gasteiger partial charge on any atom is 0.0948 e. The normalized spacial score (nSPS) is 8.65. The Kier molecular flexibility index (Phi) is 16.1. The molecule has 0 saturated heterocycles. The molecule has 0 aliphatic rings. The van der Waals surface area contributed by atoms with Crippen molar-refractivity contribution in [2.45, 2.75) is 54.5 Å². The van der Waals surface area contributed by atoms with E-state index in [1.807, 2.05) is 62.8 Å². The molecule has 1 aromatic heterocycles. The number of imidazole rings is 1. The standard InChI is InChI=1S/C6H10N2.C6H6.C4H10.C2H6/c1-6(2)8-4-3-7-5-8;1-2-4-6-5-3-1;1-4(2)3;1-2/h3-6H,1-2H3;1-6H;4H,1-3H3;1-2H3. The molecule has 0 aliphatic heterocycles. The lowest BCUT2D eigenvalue weighted by molar-refractivity contribution is 0.600. The number of nitrogens with zero attached hydrogens (tertiary/aromatic N) is 2. The van der Waals surface area contributed by atoms with E-state index in [2.05, 4.69) is 44.2 Å². The highest BCUT2D eigenvalue weighted by Gasteiger charge is 1.90. The zero-order valence-corrected chi connectivity index (χ0v) is 14.2. The average Bonchev–Trinajstić information content (AvgIpc) is 2.97. The highest BCUT2D eigenvalue weighted by molar-refractivity contribution is 4.99. The van der Waals surface area contributed by atoms with Gasteiger partial charge in [-0.1, -0.05) is 71.0 Å². The summed E-state index contributed by atoms with van der Waals surface area (Å²) in [4.78, 5) is 3.91. The van der Waals surface area contributed by atoms with Crippen LogP contribution >= 0.6 is 0 Å². The molecule has 2 heteroatoms. The first-order chi connectivity index (χ1) is 9.54. The molecule has 0 saturated carbocycles. The summed E-state index contributed by atoms with van der Waals surface area (Å²) in [6.07, 6.45) is 5.58. The van der Waals surface area contributed by atoms with Gasteiger partial charge in [0.05, 0.1) is 6.33 Å². The second-order valence-electron chi connectivity index (χ2n) is 4.99. The Morgan fingerprint density at radius 3 is 1.25 bits per heavy atom. The number of aromatic nitrogens is 2. The van der Waals surface area contributed by atoms with Crippen LogP contribution in [0.3, 0.4) is 0 Å². The molecule has 0 radical (unpaired) electrons. The molecule has 0 spiro atoms. The van der Waals surface area contributed by atoms with Crippen molar-refractivity contribution in [3.8, 4) is 0 Å². The van der Waals surface area contributed by atoms with Crippen molar-refractivity contribution in [2.24, 2.45) is 5.92 Å². The highest BCUT2D eigenvalue weighted by atomic mass is 15.0. The Morgan fingerprint density at radius 1 is 0.750 bits per heavy atom. The summed E-state index contributed by atoms with van der Waals surface area (Å²) in [6.45, 7) is 14.8. The van der Waals surface area contributed by atoms with Crippen molar-refractivity contribution in [3.05, 3.63) is 55.1 Å². The second kappa shape index (κ2) is 15.5. The first-order valence-corrected chi connectivity index (χ1v) is 7.51. The summed E-state index contributed by atoms with van der Waals surface area (Å²) in [5.74, 6) is 0.833. The molecule has 0 atom stereocenters. The minimum atomic E-state index is 0.539. The lowest BCUT2D eigenvalue weighted by Crippen LogP contribution is -1.95. The van der Waals surface area contributed by atoms with Gasteiger partial charge in [0, 0.05) is 18.4 Å². The molecule has 0 aliphatic carbocycles. The van der Waals surface area contributed by atoms with Gasteiger partial charge in [-0.3, -0.25) is 0 Å². The van der Waals surface area contributed by atoms with E-state index in [0.29, 0.717) is 6.04 Å². The van der Waals surface area contributed by atoms with Gasteiger partial charge in [-0.15, -0.1) is 0 Å². The lowest BCUT2D eigenvalue weighted by Gasteiger charge is -2.02. The van der Waals surface area contributed by atoms with E-state index in [1.165, 1.54) is 0 Å². The van der Waals surface area contributed by atoms with E-state index in [0.717, 1.165) is 5.92 Å². The number of benzene rings is 1. The van der Waals surface area contributed by atoms with Crippen LogP contribution < -0.4 is 0 Å². The van der Waals surface area contributed by atoms with Gasteiger partial charge in [-0.25, -0.2) is 4.98 Å². The van der Waals surface area contributed by atoms with E-state index in [9.17, 15) is 0 Å². The van der Waals surface area contributed by atoms with Crippen molar-refractivity contribution in [2.75, 3.05) is 0 Å². The van der Waals surface area contributed by atoms with Crippen LogP contribution in [0.25, 0.3) is 0 Å². The molecule has 2 aromatic rings. The van der Waals surface area contributed by atoms with Gasteiger partial charge in [-0.2, -0.15) is 0 Å². The summed E-state index contributed by atoms with van der Waals surface area (Å²) < 4.78 is 2.06. The van der Waals surface area contributed by atoms with Crippen molar-refractivity contribution < 1.29 is 0 Å². The number of rotatable bonds is 1. The van der Waals surface area contributed by atoms with Crippen LogP contribution in [-0.2, 0) is 0 Å². The monoisotopic (exact) mass is 276 g/mol. The van der Waals surface area contributed by atoms with Crippen molar-refractivity contribution in [1.82, 2.24) is 9.55 Å². The molecule has 2 nitrogen and oxygen atoms in total. The van der Waals surface area contributed by atoms with Gasteiger partial charge in [0.15, 0.2) is 0 Å². The van der Waals surface area contributed by atoms with Crippen molar-refractivity contribution in [3.63, 3.8) is 0 Å². The molecule has 0 bridgehead atoms. The minimum Gasteiger partial charge on any atom is -0.335 e. The van der Waals surface area contributed by atoms with Crippen molar-refractivity contribution in [1.29, 1.82) is 0 Å². The fourth-order valence-corrected chi connectivity index (χ4v) is 0.960. The van der Waals surface area contributed by atoms with Crippen LogP contribution in [-0.4, -0.2) is 9.55 Å². The highest BCUT2D eigenvalue weighted by Crippen LogP contribution is 1.99. The van der Waals surface area contributed by atoms with Gasteiger partial charge >= 0.3 is 0 Å². The van der Waals surface area contributed by atoms with Gasteiger partial charge in [0.1, 0.15) is 0 Å². The van der Waals surface area contributed by atoms with E-state index in [-0.39, 0.29) is 0 Å². The van der Waals surface area contributed by atoms with E-state index < -0.39 is 0 Å². The summed E-state index contributed by atoms with van der Waals surface area (Å²) in [6, 6.07) is 12.5. The zero-order valence-electron chi connectivity index (χ0n) is 14.2. The predicted molar refractivity (Wildman–Crippen MR) is 90.9 cm³/mol. The molecule has 1 aromatic carbocycles. The average molecular weight is 276 g/mol. The molecule has 0 amide bonds. The number of hydrogen-bond acceptors (Lipinski definition) is 1. The van der Waals surface area contributed by atoms with E-state index in [4.69, 9.17) is 0 Å². The quantitative estimate of drug-likeness (QED) is 0.640. The molecule has 20 heavy (non-hydrogen) atoms. The SMILES string of the molecule is CC.CC(C)C.CC(C)n1ccnc1.c1ccccc1. The minimum absolute atomic E-state index is 0.539. The van der Waals surface area contributed by atoms with Gasteiger partial charge in [0.2, 0.25) is 0 Å². The van der Waals surface area contributed by atoms with Gasteiger partial charge < -0.3 is 4.57 Å². The molecule has 0 fully saturated rings. The molecule has 0 unspecified atom stereocenters. The third-order valence-corrected chi connectivity index (χ3v) is 1.79. The third kappa shape index (κ3) is 16.4. The summed E-state index contributed by atoms with van der Waals surface area (Å²) >= 11 is 0. The Labute approximate surface area is 125 Å². The van der Waals surface area contributed by atoms with Crippen LogP contribution in [0.2, 0.25) is 0 Å². The molecule has 1 heterocycles. The predicted octanol–water partition coefficient (Wildman–Crippen LogP) is 5.84. The third-order valence-electron chi connectivity index (χ3n) is 1.79. The topological polar surface area (TPSA) is 17.8 Å². The fourth-order valence-electron chi connectivity index (χ4n) is 0.960. The van der Waals surface area contributed by atoms with Gasteiger partial charge in [-0.05, 0) is 19.8 Å². The molecular formula is C18H32N2. The fraction of sp³-hybridized carbons (Fsp3) is 0.500. The zero-order chi connectivity index (χ0) is 15.8. The first-order valence-electron chi connectivity index (χ1n) is 7.51. The lowest BCUT2D eigenvalue weighted by atomic mass is 10.3. The Balaban J connectivity index is 0. The second-order valence-corrected chi connectivity index (χ2v) is 4.99. The molecule has 2 rings (SSSR count). The van der Waals surface area contributed by atoms with Crippen molar-refractivity contribution >= 4 is 0 Å². The Bertz CT molecular complexity index is 321. The smallest absolute Gasteiger partial charge is 0.0948 e. The summed E-state index contributed by atoms with van der Waals surface area (Å²) in [7, 11) is 0. The number of hydrogen-bond donors (Lipinski definition) is 0. The van der Waals surface area contributed by atoms with E-state index in [1.54, 1.807) is 6.20 Å². The van der Waals surface area contributed by atoms with Gasteiger partial charge in [0.25, 0.3) is 0 Å². The van der Waals surface area contributed by atoms with E-state index >= 15 is 0 Å². The van der Waals surface area contributed by atoms with Crippen LogP contribution in [0.5, 0.6) is 0 Å².